The second-order valence-corrected chi connectivity index (χ2v) is 4.55. The summed E-state index contributed by atoms with van der Waals surface area (Å²) < 4.78 is 15.7. The number of hydrogen-bond acceptors (Lipinski definition) is 4. The van der Waals surface area contributed by atoms with Crippen molar-refractivity contribution in [2.24, 2.45) is 5.92 Å². The first-order valence-electron chi connectivity index (χ1n) is 6.16. The van der Waals surface area contributed by atoms with Crippen molar-refractivity contribution in [2.75, 3.05) is 27.6 Å². The molecule has 1 aromatic rings. The van der Waals surface area contributed by atoms with Crippen LogP contribution >= 0.6 is 0 Å². The number of benzene rings is 1. The molecule has 4 heteroatoms. The third-order valence-corrected chi connectivity index (χ3v) is 2.47. The van der Waals surface area contributed by atoms with Crippen molar-refractivity contribution >= 4 is 0 Å². The molecule has 0 amide bonds. The van der Waals surface area contributed by atoms with E-state index < -0.39 is 0 Å². The Labute approximate surface area is 109 Å². The Morgan fingerprint density at radius 1 is 1.22 bits per heavy atom. The van der Waals surface area contributed by atoms with Gasteiger partial charge in [-0.25, -0.2) is 0 Å². The van der Waals surface area contributed by atoms with Crippen molar-refractivity contribution in [1.29, 1.82) is 0 Å². The van der Waals surface area contributed by atoms with Crippen molar-refractivity contribution in [1.82, 2.24) is 5.32 Å². The summed E-state index contributed by atoms with van der Waals surface area (Å²) in [6.07, 6.45) is 0. The van der Waals surface area contributed by atoms with E-state index in [9.17, 15) is 0 Å². The second kappa shape index (κ2) is 7.95. The van der Waals surface area contributed by atoms with E-state index in [-0.39, 0.29) is 6.79 Å². The predicted octanol–water partition coefficient (Wildman–Crippen LogP) is 2.42. The third kappa shape index (κ3) is 4.94. The maximum absolute atomic E-state index is 5.53. The van der Waals surface area contributed by atoms with Gasteiger partial charge < -0.3 is 19.5 Å². The van der Waals surface area contributed by atoms with E-state index in [1.54, 1.807) is 14.2 Å². The van der Waals surface area contributed by atoms with Gasteiger partial charge in [-0.2, -0.15) is 0 Å². The number of nitrogens with one attached hydrogen (secondary N) is 1. The van der Waals surface area contributed by atoms with Crippen LogP contribution in [0.25, 0.3) is 0 Å². The second-order valence-electron chi connectivity index (χ2n) is 4.55. The molecule has 0 unspecified atom stereocenters. The van der Waals surface area contributed by atoms with E-state index in [1.165, 1.54) is 0 Å². The van der Waals surface area contributed by atoms with Crippen molar-refractivity contribution in [3.8, 4) is 11.5 Å². The van der Waals surface area contributed by atoms with E-state index >= 15 is 0 Å². The Balaban J connectivity index is 2.69. The molecule has 0 aliphatic rings. The fourth-order valence-corrected chi connectivity index (χ4v) is 1.58. The summed E-state index contributed by atoms with van der Waals surface area (Å²) in [4.78, 5) is 0. The Morgan fingerprint density at radius 2 is 2.00 bits per heavy atom. The van der Waals surface area contributed by atoms with E-state index in [2.05, 4.69) is 19.2 Å². The van der Waals surface area contributed by atoms with Crippen LogP contribution in [0.5, 0.6) is 11.5 Å². The van der Waals surface area contributed by atoms with Crippen molar-refractivity contribution in [3.05, 3.63) is 23.8 Å². The van der Waals surface area contributed by atoms with E-state index in [0.29, 0.717) is 5.92 Å². The molecule has 0 saturated heterocycles. The molecule has 102 valence electrons. The Kier molecular flexibility index (Phi) is 6.54. The zero-order valence-corrected chi connectivity index (χ0v) is 11.7. The summed E-state index contributed by atoms with van der Waals surface area (Å²) in [5.74, 6) is 2.29. The summed E-state index contributed by atoms with van der Waals surface area (Å²) >= 11 is 0. The lowest BCUT2D eigenvalue weighted by molar-refractivity contribution is 0.0503. The van der Waals surface area contributed by atoms with Crippen LogP contribution in [0.4, 0.5) is 0 Å². The van der Waals surface area contributed by atoms with Crippen molar-refractivity contribution in [2.45, 2.75) is 20.4 Å². The van der Waals surface area contributed by atoms with E-state index in [4.69, 9.17) is 14.2 Å². The Hall–Kier alpha value is -1.26. The SMILES string of the molecule is COCOc1ccc(OC)cc1CNCC(C)C. The highest BCUT2D eigenvalue weighted by Crippen LogP contribution is 2.24. The zero-order valence-electron chi connectivity index (χ0n) is 11.7. The van der Waals surface area contributed by atoms with Crippen LogP contribution in [-0.4, -0.2) is 27.6 Å². The molecular formula is C14H23NO3. The number of ether oxygens (including phenoxy) is 3. The molecule has 18 heavy (non-hydrogen) atoms. The van der Waals surface area contributed by atoms with Gasteiger partial charge in [-0.3, -0.25) is 0 Å². The lowest BCUT2D eigenvalue weighted by Gasteiger charge is -2.14. The largest absolute Gasteiger partial charge is 0.497 e. The lowest BCUT2D eigenvalue weighted by Crippen LogP contribution is -2.19. The summed E-state index contributed by atoms with van der Waals surface area (Å²) in [5, 5.41) is 3.39. The van der Waals surface area contributed by atoms with Gasteiger partial charge in [0, 0.05) is 19.2 Å². The van der Waals surface area contributed by atoms with Gasteiger partial charge in [0.05, 0.1) is 7.11 Å². The number of rotatable bonds is 8. The topological polar surface area (TPSA) is 39.7 Å². The minimum atomic E-state index is 0.253. The quantitative estimate of drug-likeness (QED) is 0.722. The van der Waals surface area contributed by atoms with Crippen LogP contribution in [0.1, 0.15) is 19.4 Å². The first kappa shape index (κ1) is 14.8. The van der Waals surface area contributed by atoms with Gasteiger partial charge in [0.2, 0.25) is 0 Å². The van der Waals surface area contributed by atoms with Crippen LogP contribution in [-0.2, 0) is 11.3 Å². The maximum atomic E-state index is 5.53. The fraction of sp³-hybridized carbons (Fsp3) is 0.571. The van der Waals surface area contributed by atoms with Crippen molar-refractivity contribution < 1.29 is 14.2 Å². The molecule has 1 rings (SSSR count). The Morgan fingerprint density at radius 3 is 2.61 bits per heavy atom. The minimum absolute atomic E-state index is 0.253. The van der Waals surface area contributed by atoms with Gasteiger partial charge >= 0.3 is 0 Å². The zero-order chi connectivity index (χ0) is 13.4. The highest BCUT2D eigenvalue weighted by atomic mass is 16.7. The molecular weight excluding hydrogens is 230 g/mol. The van der Waals surface area contributed by atoms with Crippen LogP contribution < -0.4 is 14.8 Å². The average molecular weight is 253 g/mol. The van der Waals surface area contributed by atoms with Gasteiger partial charge in [0.1, 0.15) is 11.5 Å². The van der Waals surface area contributed by atoms with Crippen LogP contribution in [0.15, 0.2) is 18.2 Å². The van der Waals surface area contributed by atoms with E-state index in [1.807, 2.05) is 18.2 Å². The monoisotopic (exact) mass is 253 g/mol. The van der Waals surface area contributed by atoms with Gasteiger partial charge in [-0.05, 0) is 30.7 Å². The summed E-state index contributed by atoms with van der Waals surface area (Å²) in [7, 11) is 3.27. The summed E-state index contributed by atoms with van der Waals surface area (Å²) in [6, 6.07) is 5.78. The first-order chi connectivity index (χ1) is 8.67. The summed E-state index contributed by atoms with van der Waals surface area (Å²) in [6.45, 7) is 6.35. The molecule has 1 N–H and O–H groups in total. The highest BCUT2D eigenvalue weighted by molar-refractivity contribution is 5.40. The molecule has 0 fully saturated rings. The average Bonchev–Trinajstić information content (AvgIpc) is 2.36. The molecule has 0 bridgehead atoms. The molecule has 0 radical (unpaired) electrons. The molecule has 0 saturated carbocycles. The Bertz CT molecular complexity index is 353. The normalized spacial score (nSPS) is 10.7. The van der Waals surface area contributed by atoms with Gasteiger partial charge in [-0.15, -0.1) is 0 Å². The maximum Gasteiger partial charge on any atom is 0.188 e. The molecule has 0 atom stereocenters. The predicted molar refractivity (Wildman–Crippen MR) is 72.0 cm³/mol. The van der Waals surface area contributed by atoms with E-state index in [0.717, 1.165) is 30.2 Å². The van der Waals surface area contributed by atoms with Gasteiger partial charge in [-0.1, -0.05) is 13.8 Å². The van der Waals surface area contributed by atoms with Crippen LogP contribution in [0, 0.1) is 5.92 Å². The molecule has 1 aromatic carbocycles. The number of hydrogen-bond donors (Lipinski definition) is 1. The third-order valence-electron chi connectivity index (χ3n) is 2.47. The van der Waals surface area contributed by atoms with Crippen molar-refractivity contribution in [3.63, 3.8) is 0 Å². The van der Waals surface area contributed by atoms with Gasteiger partial charge in [0.15, 0.2) is 6.79 Å². The molecule has 4 nitrogen and oxygen atoms in total. The van der Waals surface area contributed by atoms with Crippen LogP contribution in [0.2, 0.25) is 0 Å². The lowest BCUT2D eigenvalue weighted by atomic mass is 10.1. The highest BCUT2D eigenvalue weighted by Gasteiger charge is 2.06. The molecule has 0 aliphatic carbocycles. The molecule has 0 aliphatic heterocycles. The molecule has 0 heterocycles. The molecule has 0 spiro atoms. The number of methoxy groups -OCH3 is 2. The van der Waals surface area contributed by atoms with Crippen LogP contribution in [0.3, 0.4) is 0 Å². The first-order valence-corrected chi connectivity index (χ1v) is 6.16. The standard InChI is InChI=1S/C14H23NO3/c1-11(2)8-15-9-12-7-13(17-4)5-6-14(12)18-10-16-3/h5-7,11,15H,8-10H2,1-4H3. The summed E-state index contributed by atoms with van der Waals surface area (Å²) in [5.41, 5.74) is 1.08. The smallest absolute Gasteiger partial charge is 0.188 e. The molecule has 0 aromatic heterocycles. The van der Waals surface area contributed by atoms with Gasteiger partial charge in [0.25, 0.3) is 0 Å². The minimum Gasteiger partial charge on any atom is -0.497 e. The fourth-order valence-electron chi connectivity index (χ4n) is 1.58.